The van der Waals surface area contributed by atoms with Crippen molar-refractivity contribution in [2.45, 2.75) is 84.7 Å². The number of rotatable bonds is 11. The van der Waals surface area contributed by atoms with Gasteiger partial charge < -0.3 is 20.1 Å². The zero-order valence-corrected chi connectivity index (χ0v) is 18.9. The lowest BCUT2D eigenvalue weighted by molar-refractivity contribution is 0.133. The number of nitrogens with one attached hydrogen (secondary N) is 2. The van der Waals surface area contributed by atoms with Gasteiger partial charge in [0.2, 0.25) is 0 Å². The highest BCUT2D eigenvalue weighted by atomic mass is 16.6. The van der Waals surface area contributed by atoms with Crippen molar-refractivity contribution in [1.82, 2.24) is 10.6 Å². The molecule has 0 saturated heterocycles. The molecule has 0 fully saturated rings. The molecule has 0 unspecified atom stereocenters. The van der Waals surface area contributed by atoms with Crippen LogP contribution in [0, 0.1) is 0 Å². The first-order valence-electron chi connectivity index (χ1n) is 10.6. The van der Waals surface area contributed by atoms with Crippen LogP contribution in [0.3, 0.4) is 0 Å². The van der Waals surface area contributed by atoms with Gasteiger partial charge in [0, 0.05) is 2.85 Å². The van der Waals surface area contributed by atoms with Crippen molar-refractivity contribution in [1.29, 1.82) is 0 Å². The lowest BCUT2D eigenvalue weighted by atomic mass is 9.87. The van der Waals surface area contributed by atoms with E-state index in [4.69, 9.17) is 9.47 Å². The number of hydrogen-bond donors (Lipinski definition) is 2. The molecule has 0 aliphatic carbocycles. The Hall–Kier alpha value is -2.24. The predicted molar refractivity (Wildman–Crippen MR) is 120 cm³/mol. The van der Waals surface area contributed by atoms with E-state index in [0.717, 1.165) is 43.2 Å². The van der Waals surface area contributed by atoms with Gasteiger partial charge in [-0.25, -0.2) is 9.59 Å². The molecule has 1 rings (SSSR count). The average molecular weight is 411 g/mol. The largest absolute Gasteiger partial charge is 0.450 e. The van der Waals surface area contributed by atoms with Gasteiger partial charge in [0.05, 0.1) is 24.3 Å². The first-order chi connectivity index (χ1) is 13.6. The molecule has 6 nitrogen and oxygen atoms in total. The number of carbonyl (C=O) groups is 2. The molecule has 0 bridgehead atoms. The molecule has 168 valence electrons. The van der Waals surface area contributed by atoms with Gasteiger partial charge >= 0.3 is 12.2 Å². The fourth-order valence-corrected chi connectivity index (χ4v) is 2.85. The minimum atomic E-state index is -0.616. The maximum atomic E-state index is 12.1. The number of benzene rings is 1. The number of hydrogen-bond acceptors (Lipinski definition) is 4. The molecule has 0 aliphatic heterocycles. The van der Waals surface area contributed by atoms with Gasteiger partial charge in [0.1, 0.15) is 0 Å². The van der Waals surface area contributed by atoms with Gasteiger partial charge in [-0.15, -0.1) is 0 Å². The van der Waals surface area contributed by atoms with E-state index in [-0.39, 0.29) is 2.85 Å². The molecule has 0 atom stereocenters. The van der Waals surface area contributed by atoms with Gasteiger partial charge in [-0.05, 0) is 51.7 Å². The minimum absolute atomic E-state index is 0. The van der Waals surface area contributed by atoms with E-state index >= 15 is 0 Å². The van der Waals surface area contributed by atoms with E-state index in [1.165, 1.54) is 0 Å². The second kappa shape index (κ2) is 11.7. The Morgan fingerprint density at radius 3 is 1.72 bits per heavy atom. The van der Waals surface area contributed by atoms with Crippen LogP contribution in [0.2, 0.25) is 0 Å². The molecule has 0 radical (unpaired) electrons. The highest BCUT2D eigenvalue weighted by Crippen LogP contribution is 2.27. The molecule has 0 saturated carbocycles. The molecule has 1 aromatic carbocycles. The maximum Gasteiger partial charge on any atom is 0.407 e. The fraction of sp³-hybridized carbons (Fsp3) is 0.652. The molecular formula is C23H42N2O4. The monoisotopic (exact) mass is 410 g/mol. The molecule has 0 aliphatic rings. The van der Waals surface area contributed by atoms with Crippen LogP contribution in [0.4, 0.5) is 9.59 Å². The smallest absolute Gasteiger partial charge is 0.407 e. The van der Waals surface area contributed by atoms with Crippen molar-refractivity contribution < 1.29 is 21.9 Å². The van der Waals surface area contributed by atoms with Crippen LogP contribution in [-0.4, -0.2) is 25.4 Å². The van der Waals surface area contributed by atoms with Crippen LogP contribution < -0.4 is 10.6 Å². The third-order valence-electron chi connectivity index (χ3n) is 4.85. The second-order valence-corrected chi connectivity index (χ2v) is 8.41. The normalized spacial score (nSPS) is 11.7. The summed E-state index contributed by atoms with van der Waals surface area (Å²) in [7, 11) is 0. The zero-order valence-electron chi connectivity index (χ0n) is 18.9. The standard InChI is InChI=1S/C23H38N2O4.2H2/c1-7-9-11-16-29-21(27)25-23(5,6)19-14-12-13-18(17-19)22(3,4)24-20(26)28-15-10-8-2;;/h12-14,17H,7-11,15-16H2,1-6H3,(H,24,26)(H,25,27);2*1H. The number of alkyl carbamates (subject to hydrolysis) is 2. The SMILES string of the molecule is CCCCCOC(=O)NC(C)(C)c1cccc(C(C)(C)NC(=O)OCCCC)c1.[HH].[HH]. The average Bonchev–Trinajstić information content (AvgIpc) is 2.65. The Kier molecular flexibility index (Phi) is 9.99. The molecular weight excluding hydrogens is 368 g/mol. The second-order valence-electron chi connectivity index (χ2n) is 8.41. The third-order valence-corrected chi connectivity index (χ3v) is 4.85. The Bertz CT molecular complexity index is 667. The number of carbonyl (C=O) groups excluding carboxylic acids is 2. The molecule has 29 heavy (non-hydrogen) atoms. The van der Waals surface area contributed by atoms with Crippen molar-refractivity contribution >= 4 is 12.2 Å². The Morgan fingerprint density at radius 1 is 0.828 bits per heavy atom. The van der Waals surface area contributed by atoms with Crippen LogP contribution in [0.1, 0.15) is 87.6 Å². The Morgan fingerprint density at radius 2 is 1.28 bits per heavy atom. The first-order valence-corrected chi connectivity index (χ1v) is 10.6. The number of unbranched alkanes of at least 4 members (excludes halogenated alkanes) is 3. The van der Waals surface area contributed by atoms with Gasteiger partial charge in [-0.2, -0.15) is 0 Å². The molecule has 0 spiro atoms. The Balaban J connectivity index is 0. The van der Waals surface area contributed by atoms with E-state index in [0.29, 0.717) is 13.2 Å². The van der Waals surface area contributed by atoms with Gasteiger partial charge in [0.15, 0.2) is 0 Å². The quantitative estimate of drug-likeness (QED) is 0.433. The molecule has 0 heterocycles. The van der Waals surface area contributed by atoms with E-state index in [2.05, 4.69) is 17.6 Å². The van der Waals surface area contributed by atoms with Crippen molar-refractivity contribution in [2.75, 3.05) is 13.2 Å². The van der Waals surface area contributed by atoms with Gasteiger partial charge in [0.25, 0.3) is 0 Å². The maximum absolute atomic E-state index is 12.1. The summed E-state index contributed by atoms with van der Waals surface area (Å²) in [5.41, 5.74) is 0.620. The van der Waals surface area contributed by atoms with Crippen LogP contribution in [0.5, 0.6) is 0 Å². The lowest BCUT2D eigenvalue weighted by Crippen LogP contribution is -2.43. The summed E-state index contributed by atoms with van der Waals surface area (Å²) in [6.07, 6.45) is 3.96. The summed E-state index contributed by atoms with van der Waals surface area (Å²) >= 11 is 0. The van der Waals surface area contributed by atoms with E-state index < -0.39 is 23.3 Å². The van der Waals surface area contributed by atoms with Crippen molar-refractivity contribution in [3.63, 3.8) is 0 Å². The van der Waals surface area contributed by atoms with Crippen molar-refractivity contribution in [3.05, 3.63) is 35.4 Å². The van der Waals surface area contributed by atoms with E-state index in [9.17, 15) is 9.59 Å². The van der Waals surface area contributed by atoms with Gasteiger partial charge in [-0.3, -0.25) is 0 Å². The number of amides is 2. The summed E-state index contributed by atoms with van der Waals surface area (Å²) in [6, 6.07) is 7.82. The van der Waals surface area contributed by atoms with Gasteiger partial charge in [-0.1, -0.05) is 57.4 Å². The molecule has 6 heteroatoms. The predicted octanol–water partition coefficient (Wildman–Crippen LogP) is 6.09. The van der Waals surface area contributed by atoms with Crippen LogP contribution in [-0.2, 0) is 20.6 Å². The summed E-state index contributed by atoms with van der Waals surface area (Å²) in [4.78, 5) is 24.2. The highest BCUT2D eigenvalue weighted by molar-refractivity contribution is 5.69. The fourth-order valence-electron chi connectivity index (χ4n) is 2.85. The Labute approximate surface area is 178 Å². The van der Waals surface area contributed by atoms with Crippen molar-refractivity contribution in [3.8, 4) is 0 Å². The summed E-state index contributed by atoms with van der Waals surface area (Å²) < 4.78 is 10.5. The summed E-state index contributed by atoms with van der Waals surface area (Å²) in [6.45, 7) is 12.7. The molecule has 2 amide bonds. The van der Waals surface area contributed by atoms with Crippen LogP contribution in [0.25, 0.3) is 0 Å². The summed E-state index contributed by atoms with van der Waals surface area (Å²) in [5, 5.41) is 5.85. The molecule has 0 aromatic heterocycles. The topological polar surface area (TPSA) is 76.7 Å². The van der Waals surface area contributed by atoms with Crippen LogP contribution in [0.15, 0.2) is 24.3 Å². The third kappa shape index (κ3) is 8.75. The summed E-state index contributed by atoms with van der Waals surface area (Å²) in [5.74, 6) is 0. The molecule has 1 aromatic rings. The molecule has 2 N–H and O–H groups in total. The zero-order chi connectivity index (χ0) is 21.9. The van der Waals surface area contributed by atoms with Crippen molar-refractivity contribution in [2.24, 2.45) is 0 Å². The first kappa shape index (κ1) is 24.8. The highest BCUT2D eigenvalue weighted by Gasteiger charge is 2.28. The van der Waals surface area contributed by atoms with Crippen LogP contribution >= 0.6 is 0 Å². The van der Waals surface area contributed by atoms with E-state index in [1.807, 2.05) is 58.9 Å². The lowest BCUT2D eigenvalue weighted by Gasteiger charge is -2.30. The minimum Gasteiger partial charge on any atom is -0.450 e. The number of ether oxygens (including phenoxy) is 2. The van der Waals surface area contributed by atoms with E-state index in [1.54, 1.807) is 0 Å².